The van der Waals surface area contributed by atoms with E-state index in [2.05, 4.69) is 15.5 Å². The summed E-state index contributed by atoms with van der Waals surface area (Å²) >= 11 is 8.93. The number of nitrogens with zero attached hydrogens (tertiary/aromatic N) is 3. The summed E-state index contributed by atoms with van der Waals surface area (Å²) in [5.41, 5.74) is 0.627. The van der Waals surface area contributed by atoms with Crippen molar-refractivity contribution in [1.82, 2.24) is 10.2 Å². The zero-order valence-electron chi connectivity index (χ0n) is 15.5. The Morgan fingerprint density at radius 1 is 1.21 bits per heavy atom. The Kier molecular flexibility index (Phi) is 6.78. The molecule has 0 atom stereocenters. The van der Waals surface area contributed by atoms with Crippen molar-refractivity contribution in [3.8, 4) is 0 Å². The molecule has 0 fully saturated rings. The lowest BCUT2D eigenvalue weighted by molar-refractivity contribution is 0.102. The second kappa shape index (κ2) is 9.12. The van der Waals surface area contributed by atoms with Crippen LogP contribution in [-0.4, -0.2) is 37.3 Å². The van der Waals surface area contributed by atoms with Crippen LogP contribution in [0.15, 0.2) is 57.8 Å². The fraction of sp³-hybridized carbons (Fsp3) is 0.167. The number of para-hydroxylation sites is 1. The molecule has 3 rings (SSSR count). The first-order valence-electron chi connectivity index (χ1n) is 8.44. The van der Waals surface area contributed by atoms with Gasteiger partial charge in [0.25, 0.3) is 15.9 Å². The molecule has 1 amide bonds. The highest BCUT2D eigenvalue weighted by atomic mass is 35.5. The minimum absolute atomic E-state index is 0.0295. The lowest BCUT2D eigenvalue weighted by atomic mass is 10.2. The van der Waals surface area contributed by atoms with E-state index in [1.165, 1.54) is 48.3 Å². The van der Waals surface area contributed by atoms with E-state index >= 15 is 0 Å². The third-order valence-corrected chi connectivity index (χ3v) is 7.97. The molecule has 0 radical (unpaired) electrons. The summed E-state index contributed by atoms with van der Waals surface area (Å²) in [6.07, 6.45) is 0. The molecule has 0 saturated carbocycles. The fourth-order valence-electron chi connectivity index (χ4n) is 2.38. The van der Waals surface area contributed by atoms with Crippen LogP contribution < -0.4 is 9.62 Å². The molecule has 152 valence electrons. The number of hydrogen-bond acceptors (Lipinski definition) is 7. The van der Waals surface area contributed by atoms with Gasteiger partial charge in [0.05, 0.1) is 10.7 Å². The SMILES string of the molecule is CCSc1nnc(NC(=O)c2ccc(Cl)c(S(=O)(=O)N(C)c3ccccc3)c2)s1. The van der Waals surface area contributed by atoms with Crippen molar-refractivity contribution < 1.29 is 13.2 Å². The molecule has 2 aromatic carbocycles. The van der Waals surface area contributed by atoms with Gasteiger partial charge in [0, 0.05) is 12.6 Å². The van der Waals surface area contributed by atoms with Gasteiger partial charge in [-0.05, 0) is 36.1 Å². The number of amides is 1. The average Bonchev–Trinajstić information content (AvgIpc) is 3.15. The van der Waals surface area contributed by atoms with Gasteiger partial charge in [0.15, 0.2) is 4.34 Å². The number of halogens is 1. The van der Waals surface area contributed by atoms with E-state index in [-0.39, 0.29) is 15.5 Å². The highest BCUT2D eigenvalue weighted by Gasteiger charge is 2.25. The molecule has 7 nitrogen and oxygen atoms in total. The maximum atomic E-state index is 13.0. The number of carbonyl (C=O) groups is 1. The van der Waals surface area contributed by atoms with Gasteiger partial charge < -0.3 is 0 Å². The van der Waals surface area contributed by atoms with Gasteiger partial charge in [-0.3, -0.25) is 14.4 Å². The van der Waals surface area contributed by atoms with E-state index in [0.717, 1.165) is 14.4 Å². The van der Waals surface area contributed by atoms with Gasteiger partial charge in [-0.2, -0.15) is 0 Å². The zero-order chi connectivity index (χ0) is 21.0. The number of anilines is 2. The first-order chi connectivity index (χ1) is 13.8. The molecule has 0 bridgehead atoms. The Bertz CT molecular complexity index is 1120. The van der Waals surface area contributed by atoms with Crippen molar-refractivity contribution in [2.75, 3.05) is 22.4 Å². The normalized spacial score (nSPS) is 11.3. The molecule has 11 heteroatoms. The number of thioether (sulfide) groups is 1. The molecule has 1 heterocycles. The summed E-state index contributed by atoms with van der Waals surface area (Å²) < 4.78 is 28.0. The number of sulfonamides is 1. The van der Waals surface area contributed by atoms with E-state index in [4.69, 9.17) is 11.6 Å². The fourth-order valence-corrected chi connectivity index (χ4v) is 5.72. The Hall–Kier alpha value is -2.14. The highest BCUT2D eigenvalue weighted by Crippen LogP contribution is 2.29. The largest absolute Gasteiger partial charge is 0.296 e. The Morgan fingerprint density at radius 2 is 1.93 bits per heavy atom. The van der Waals surface area contributed by atoms with Gasteiger partial charge >= 0.3 is 0 Å². The minimum Gasteiger partial charge on any atom is -0.296 e. The zero-order valence-corrected chi connectivity index (χ0v) is 18.7. The topological polar surface area (TPSA) is 92.3 Å². The van der Waals surface area contributed by atoms with Crippen LogP contribution in [0.2, 0.25) is 5.02 Å². The molecule has 0 aliphatic rings. The van der Waals surface area contributed by atoms with Crippen LogP contribution in [0.1, 0.15) is 17.3 Å². The van der Waals surface area contributed by atoms with E-state index in [1.807, 2.05) is 6.92 Å². The first-order valence-corrected chi connectivity index (χ1v) is 12.1. The maximum Gasteiger partial charge on any atom is 0.265 e. The van der Waals surface area contributed by atoms with Crippen LogP contribution in [0.25, 0.3) is 0 Å². The summed E-state index contributed by atoms with van der Waals surface area (Å²) in [6.45, 7) is 1.99. The lowest BCUT2D eigenvalue weighted by Crippen LogP contribution is -2.27. The van der Waals surface area contributed by atoms with Crippen molar-refractivity contribution in [3.63, 3.8) is 0 Å². The van der Waals surface area contributed by atoms with E-state index in [1.54, 1.807) is 30.3 Å². The van der Waals surface area contributed by atoms with Gasteiger partial charge in [0.2, 0.25) is 5.13 Å². The molecule has 29 heavy (non-hydrogen) atoms. The summed E-state index contributed by atoms with van der Waals surface area (Å²) in [4.78, 5) is 12.4. The van der Waals surface area contributed by atoms with Crippen LogP contribution >= 0.6 is 34.7 Å². The van der Waals surface area contributed by atoms with Crippen LogP contribution in [0, 0.1) is 0 Å². The minimum atomic E-state index is -3.96. The molecule has 0 aliphatic carbocycles. The number of rotatable bonds is 7. The van der Waals surface area contributed by atoms with Crippen molar-refractivity contribution in [2.24, 2.45) is 0 Å². The number of aromatic nitrogens is 2. The molecule has 0 aliphatic heterocycles. The lowest BCUT2D eigenvalue weighted by Gasteiger charge is -2.20. The average molecular weight is 469 g/mol. The Morgan fingerprint density at radius 3 is 2.62 bits per heavy atom. The van der Waals surface area contributed by atoms with Crippen LogP contribution in [0.3, 0.4) is 0 Å². The third kappa shape index (κ3) is 4.89. The van der Waals surface area contributed by atoms with Gasteiger partial charge in [0.1, 0.15) is 4.90 Å². The summed E-state index contributed by atoms with van der Waals surface area (Å²) in [6, 6.07) is 12.7. The molecular formula is C18H17ClN4O3S3. The highest BCUT2D eigenvalue weighted by molar-refractivity contribution is 8.01. The Labute approximate surface area is 182 Å². The quantitative estimate of drug-likeness (QED) is 0.408. The molecule has 0 spiro atoms. The molecule has 3 aromatic rings. The van der Waals surface area contributed by atoms with Crippen molar-refractivity contribution in [3.05, 3.63) is 59.1 Å². The second-order valence-corrected chi connectivity index (χ2v) is 10.5. The molecule has 0 saturated heterocycles. The number of carbonyl (C=O) groups excluding carboxylic acids is 1. The predicted octanol–water partition coefficient (Wildman–Crippen LogP) is 4.38. The predicted molar refractivity (Wildman–Crippen MR) is 118 cm³/mol. The molecule has 0 unspecified atom stereocenters. The maximum absolute atomic E-state index is 13.0. The van der Waals surface area contributed by atoms with Crippen LogP contribution in [-0.2, 0) is 10.0 Å². The first kappa shape index (κ1) is 21.6. The summed E-state index contributed by atoms with van der Waals surface area (Å²) in [5.74, 6) is 0.348. The van der Waals surface area contributed by atoms with Gasteiger partial charge in [-0.15, -0.1) is 10.2 Å². The summed E-state index contributed by atoms with van der Waals surface area (Å²) in [7, 11) is -2.53. The van der Waals surface area contributed by atoms with Crippen molar-refractivity contribution in [2.45, 2.75) is 16.2 Å². The smallest absolute Gasteiger partial charge is 0.265 e. The standard InChI is InChI=1S/C18H17ClN4O3S3/c1-3-27-18-22-21-17(28-18)20-16(24)12-9-10-14(19)15(11-12)29(25,26)23(2)13-7-5-4-6-8-13/h4-11H,3H2,1-2H3,(H,20,21,24). The number of nitrogens with one attached hydrogen (secondary N) is 1. The molecule has 1 N–H and O–H groups in total. The number of benzene rings is 2. The van der Waals surface area contributed by atoms with Gasteiger partial charge in [-0.1, -0.05) is 59.8 Å². The van der Waals surface area contributed by atoms with E-state index < -0.39 is 15.9 Å². The van der Waals surface area contributed by atoms with Crippen LogP contribution in [0.4, 0.5) is 10.8 Å². The molecular weight excluding hydrogens is 452 g/mol. The van der Waals surface area contributed by atoms with Crippen LogP contribution in [0.5, 0.6) is 0 Å². The van der Waals surface area contributed by atoms with Gasteiger partial charge in [-0.25, -0.2) is 8.42 Å². The number of hydrogen-bond donors (Lipinski definition) is 1. The van der Waals surface area contributed by atoms with Crippen molar-refractivity contribution >= 4 is 61.4 Å². The summed E-state index contributed by atoms with van der Waals surface area (Å²) in [5, 5.41) is 10.9. The van der Waals surface area contributed by atoms with Crippen molar-refractivity contribution in [1.29, 1.82) is 0 Å². The van der Waals surface area contributed by atoms with E-state index in [9.17, 15) is 13.2 Å². The third-order valence-electron chi connectivity index (χ3n) is 3.85. The molecule has 1 aromatic heterocycles. The van der Waals surface area contributed by atoms with E-state index in [0.29, 0.717) is 10.8 Å². The monoisotopic (exact) mass is 468 g/mol. The Balaban J connectivity index is 1.88. The second-order valence-electron chi connectivity index (χ2n) is 5.71.